The van der Waals surface area contributed by atoms with Gasteiger partial charge in [-0.2, -0.15) is 0 Å². The van der Waals surface area contributed by atoms with Gasteiger partial charge < -0.3 is 5.32 Å². The van der Waals surface area contributed by atoms with Gasteiger partial charge in [-0.3, -0.25) is 14.9 Å². The van der Waals surface area contributed by atoms with E-state index in [1.165, 1.54) is 6.07 Å². The molecule has 1 aromatic rings. The molecule has 1 fully saturated rings. The SMILES string of the molecule is O=C1CC(NCc2ccc(F)c(F)c2)C(=O)N1. The maximum absolute atomic E-state index is 12.9. The van der Waals surface area contributed by atoms with Gasteiger partial charge in [-0.25, -0.2) is 8.78 Å². The highest BCUT2D eigenvalue weighted by Gasteiger charge is 2.29. The van der Waals surface area contributed by atoms with Crippen LogP contribution in [0.4, 0.5) is 8.78 Å². The summed E-state index contributed by atoms with van der Waals surface area (Å²) in [5.74, 6) is -2.57. The highest BCUT2D eigenvalue weighted by atomic mass is 19.2. The Hall–Kier alpha value is -1.82. The van der Waals surface area contributed by atoms with E-state index in [1.807, 2.05) is 0 Å². The van der Waals surface area contributed by atoms with E-state index in [9.17, 15) is 18.4 Å². The third kappa shape index (κ3) is 2.65. The number of hydrogen-bond acceptors (Lipinski definition) is 3. The van der Waals surface area contributed by atoms with Crippen LogP contribution in [0.5, 0.6) is 0 Å². The molecule has 0 radical (unpaired) electrons. The van der Waals surface area contributed by atoms with Gasteiger partial charge in [-0.15, -0.1) is 0 Å². The van der Waals surface area contributed by atoms with Crippen molar-refractivity contribution in [1.29, 1.82) is 0 Å². The summed E-state index contributed by atoms with van der Waals surface area (Å²) in [4.78, 5) is 22.1. The summed E-state index contributed by atoms with van der Waals surface area (Å²) in [6.45, 7) is 0.197. The van der Waals surface area contributed by atoms with Crippen LogP contribution in [0.3, 0.4) is 0 Å². The van der Waals surface area contributed by atoms with E-state index in [4.69, 9.17) is 0 Å². The minimum Gasteiger partial charge on any atom is -0.301 e. The van der Waals surface area contributed by atoms with Crippen molar-refractivity contribution >= 4 is 11.8 Å². The second kappa shape index (κ2) is 4.58. The Morgan fingerprint density at radius 3 is 2.65 bits per heavy atom. The fourth-order valence-electron chi connectivity index (χ4n) is 1.61. The molecule has 1 aliphatic heterocycles. The Morgan fingerprint density at radius 2 is 2.06 bits per heavy atom. The third-order valence-corrected chi connectivity index (χ3v) is 2.51. The van der Waals surface area contributed by atoms with Gasteiger partial charge in [0, 0.05) is 6.54 Å². The highest BCUT2D eigenvalue weighted by Crippen LogP contribution is 2.09. The molecule has 2 amide bonds. The lowest BCUT2D eigenvalue weighted by Gasteiger charge is -2.09. The molecule has 0 aliphatic carbocycles. The molecule has 1 aromatic carbocycles. The van der Waals surface area contributed by atoms with E-state index < -0.39 is 23.6 Å². The van der Waals surface area contributed by atoms with Gasteiger partial charge in [0.15, 0.2) is 11.6 Å². The van der Waals surface area contributed by atoms with Gasteiger partial charge in [-0.1, -0.05) is 6.07 Å². The summed E-state index contributed by atoms with van der Waals surface area (Å²) >= 11 is 0. The Balaban J connectivity index is 1.96. The topological polar surface area (TPSA) is 58.2 Å². The first-order chi connectivity index (χ1) is 8.06. The number of nitrogens with one attached hydrogen (secondary N) is 2. The van der Waals surface area contributed by atoms with E-state index in [1.54, 1.807) is 0 Å². The van der Waals surface area contributed by atoms with Gasteiger partial charge in [0.2, 0.25) is 11.8 Å². The third-order valence-electron chi connectivity index (χ3n) is 2.51. The van der Waals surface area contributed by atoms with Gasteiger partial charge in [0.1, 0.15) is 0 Å². The maximum atomic E-state index is 12.9. The summed E-state index contributed by atoms with van der Waals surface area (Å²) < 4.78 is 25.5. The first kappa shape index (κ1) is 11.7. The van der Waals surface area contributed by atoms with Gasteiger partial charge >= 0.3 is 0 Å². The number of benzene rings is 1. The second-order valence-electron chi connectivity index (χ2n) is 3.80. The van der Waals surface area contributed by atoms with Crippen molar-refractivity contribution in [3.05, 3.63) is 35.4 Å². The van der Waals surface area contributed by atoms with E-state index in [0.717, 1.165) is 12.1 Å². The van der Waals surface area contributed by atoms with Crippen molar-refractivity contribution in [3.63, 3.8) is 0 Å². The van der Waals surface area contributed by atoms with Crippen molar-refractivity contribution in [2.75, 3.05) is 0 Å². The first-order valence-corrected chi connectivity index (χ1v) is 5.07. The van der Waals surface area contributed by atoms with Crippen molar-refractivity contribution in [2.24, 2.45) is 0 Å². The number of carbonyl (C=O) groups is 2. The average molecular weight is 240 g/mol. The fourth-order valence-corrected chi connectivity index (χ4v) is 1.61. The molecule has 1 saturated heterocycles. The van der Waals surface area contributed by atoms with E-state index in [-0.39, 0.29) is 18.9 Å². The van der Waals surface area contributed by atoms with Crippen LogP contribution in [-0.4, -0.2) is 17.9 Å². The molecule has 2 rings (SSSR count). The predicted molar refractivity (Wildman–Crippen MR) is 54.8 cm³/mol. The normalized spacial score (nSPS) is 19.5. The minimum atomic E-state index is -0.934. The fraction of sp³-hybridized carbons (Fsp3) is 0.273. The molecule has 0 bridgehead atoms. The summed E-state index contributed by atoms with van der Waals surface area (Å²) in [5, 5.41) is 4.95. The Bertz CT molecular complexity index is 477. The molecular weight excluding hydrogens is 230 g/mol. The summed E-state index contributed by atoms with van der Waals surface area (Å²) in [6.07, 6.45) is 0.0719. The van der Waals surface area contributed by atoms with Crippen LogP contribution in [0, 0.1) is 11.6 Å². The number of imide groups is 1. The molecule has 90 valence electrons. The molecule has 4 nitrogen and oxygen atoms in total. The number of carbonyl (C=O) groups excluding carboxylic acids is 2. The van der Waals surface area contributed by atoms with Gasteiger partial charge in [-0.05, 0) is 17.7 Å². The Kier molecular flexibility index (Phi) is 3.14. The monoisotopic (exact) mass is 240 g/mol. The van der Waals surface area contributed by atoms with E-state index in [0.29, 0.717) is 5.56 Å². The second-order valence-corrected chi connectivity index (χ2v) is 3.80. The molecule has 0 spiro atoms. The zero-order valence-corrected chi connectivity index (χ0v) is 8.80. The quantitative estimate of drug-likeness (QED) is 0.755. The Morgan fingerprint density at radius 1 is 1.29 bits per heavy atom. The van der Waals surface area contributed by atoms with E-state index in [2.05, 4.69) is 10.6 Å². The van der Waals surface area contributed by atoms with Crippen LogP contribution in [-0.2, 0) is 16.1 Å². The van der Waals surface area contributed by atoms with Crippen LogP contribution in [0.1, 0.15) is 12.0 Å². The Labute approximate surface area is 96.0 Å². The van der Waals surface area contributed by atoms with Crippen LogP contribution in [0.25, 0.3) is 0 Å². The standard InChI is InChI=1S/C11H10F2N2O2/c12-7-2-1-6(3-8(7)13)5-14-9-4-10(16)15-11(9)17/h1-3,9,14H,4-5H2,(H,15,16,17). The molecule has 0 aromatic heterocycles. The van der Waals surface area contributed by atoms with Crippen LogP contribution in [0.15, 0.2) is 18.2 Å². The summed E-state index contributed by atoms with van der Waals surface area (Å²) in [7, 11) is 0. The average Bonchev–Trinajstić information content (AvgIpc) is 2.59. The maximum Gasteiger partial charge on any atom is 0.244 e. The smallest absolute Gasteiger partial charge is 0.244 e. The van der Waals surface area contributed by atoms with Gasteiger partial charge in [0.05, 0.1) is 12.5 Å². The molecule has 2 N–H and O–H groups in total. The summed E-state index contributed by atoms with van der Waals surface area (Å²) in [5.41, 5.74) is 0.510. The zero-order valence-electron chi connectivity index (χ0n) is 8.80. The molecule has 1 aliphatic rings. The highest BCUT2D eigenvalue weighted by molar-refractivity contribution is 6.05. The number of hydrogen-bond donors (Lipinski definition) is 2. The lowest BCUT2D eigenvalue weighted by Crippen LogP contribution is -2.35. The molecule has 6 heteroatoms. The van der Waals surface area contributed by atoms with Crippen molar-refractivity contribution in [2.45, 2.75) is 19.0 Å². The molecule has 1 unspecified atom stereocenters. The zero-order chi connectivity index (χ0) is 12.4. The molecule has 0 saturated carbocycles. The van der Waals surface area contributed by atoms with Crippen LogP contribution in [0.2, 0.25) is 0 Å². The largest absolute Gasteiger partial charge is 0.301 e. The van der Waals surface area contributed by atoms with Crippen LogP contribution < -0.4 is 10.6 Å². The number of halogens is 2. The summed E-state index contributed by atoms with van der Waals surface area (Å²) in [6, 6.07) is 2.89. The first-order valence-electron chi connectivity index (χ1n) is 5.07. The van der Waals surface area contributed by atoms with Crippen molar-refractivity contribution < 1.29 is 18.4 Å². The minimum absolute atomic E-state index is 0.0719. The molecular formula is C11H10F2N2O2. The molecule has 1 heterocycles. The predicted octanol–water partition coefficient (Wildman–Crippen LogP) is 0.469. The van der Waals surface area contributed by atoms with E-state index >= 15 is 0 Å². The lowest BCUT2D eigenvalue weighted by atomic mass is 10.2. The van der Waals surface area contributed by atoms with Crippen LogP contribution >= 0.6 is 0 Å². The molecule has 17 heavy (non-hydrogen) atoms. The van der Waals surface area contributed by atoms with Crippen molar-refractivity contribution in [1.82, 2.24) is 10.6 Å². The number of amides is 2. The number of rotatable bonds is 3. The van der Waals surface area contributed by atoms with Gasteiger partial charge in [0.25, 0.3) is 0 Å². The lowest BCUT2D eigenvalue weighted by molar-refractivity contribution is -0.125. The van der Waals surface area contributed by atoms with Crippen molar-refractivity contribution in [3.8, 4) is 0 Å². The molecule has 1 atom stereocenters.